The molecular weight excluding hydrogens is 940 g/mol. The Bertz CT molecular complexity index is 1410. The van der Waals surface area contributed by atoms with Crippen molar-refractivity contribution in [2.75, 3.05) is 52.9 Å². The summed E-state index contributed by atoms with van der Waals surface area (Å²) < 4.78 is 42.1. The maximum atomic E-state index is 12.0. The van der Waals surface area contributed by atoms with Gasteiger partial charge in [-0.3, -0.25) is 38.4 Å². The Morgan fingerprint density at radius 2 is 0.577 bits per heavy atom. The van der Waals surface area contributed by atoms with E-state index in [4.69, 9.17) is 49.5 Å². The number of unbranched alkanes of at least 4 members (excludes halogenated alkanes) is 16. The topological polar surface area (TPSA) is 210 Å². The smallest absolute Gasteiger partial charge is 0.323 e. The summed E-state index contributed by atoms with van der Waals surface area (Å²) in [6.45, 7) is 8.54. The zero-order chi connectivity index (χ0) is 52.4. The Morgan fingerprint density at radius 3 is 0.817 bits per heavy atom. The highest BCUT2D eigenvalue weighted by atomic mass is 35.5. The number of alkyl halides is 1. The molecule has 0 aromatic rings. The van der Waals surface area contributed by atoms with Gasteiger partial charge < -0.3 is 37.9 Å². The summed E-state index contributed by atoms with van der Waals surface area (Å²) in [5.74, 6) is -1.71. The van der Waals surface area contributed by atoms with E-state index >= 15 is 0 Å². The first kappa shape index (κ1) is 67.0. The minimum Gasteiger partial charge on any atom is -0.466 e. The van der Waals surface area contributed by atoms with E-state index < -0.39 is 11.3 Å². The number of carbonyl (C=O) groups is 8. The zero-order valence-electron chi connectivity index (χ0n) is 44.1. The SMILES string of the molecule is CCCCCC(CC)COC(=O)CCCCCOC(=O)CCCCCOC(=O)CCCCCOC(=O)CCCCCOC(=O)CCCCCOC(=O)CCCCCOC(=O)CCCCCOC(=O)C(C)Cl. The summed E-state index contributed by atoms with van der Waals surface area (Å²) in [4.78, 5) is 95.2. The number of rotatable bonds is 50. The second kappa shape index (κ2) is 49.6. The average molecular weight is 1030 g/mol. The molecule has 0 rings (SSSR count). The molecule has 0 fully saturated rings. The predicted molar refractivity (Wildman–Crippen MR) is 270 cm³/mol. The molecule has 71 heavy (non-hydrogen) atoms. The number of ether oxygens (including phenoxy) is 8. The molecule has 0 N–H and O–H groups in total. The van der Waals surface area contributed by atoms with E-state index in [9.17, 15) is 38.4 Å². The van der Waals surface area contributed by atoms with Crippen LogP contribution in [0.15, 0.2) is 0 Å². The van der Waals surface area contributed by atoms with Crippen molar-refractivity contribution in [1.29, 1.82) is 0 Å². The van der Waals surface area contributed by atoms with E-state index in [0.29, 0.717) is 181 Å². The molecule has 16 nitrogen and oxygen atoms in total. The lowest BCUT2D eigenvalue weighted by Gasteiger charge is -2.14. The first-order chi connectivity index (χ1) is 34.4. The van der Waals surface area contributed by atoms with Crippen molar-refractivity contribution >= 4 is 59.4 Å². The van der Waals surface area contributed by atoms with Gasteiger partial charge in [0.1, 0.15) is 5.38 Å². The fourth-order valence-corrected chi connectivity index (χ4v) is 7.11. The predicted octanol–water partition coefficient (Wildman–Crippen LogP) is 11.5. The number of hydrogen-bond acceptors (Lipinski definition) is 16. The van der Waals surface area contributed by atoms with Crippen LogP contribution < -0.4 is 0 Å². The van der Waals surface area contributed by atoms with Crippen LogP contribution in [0, 0.1) is 5.92 Å². The molecular formula is C54H93ClO16. The Balaban J connectivity index is 3.52. The Morgan fingerprint density at radius 1 is 0.324 bits per heavy atom. The fourth-order valence-electron chi connectivity index (χ4n) is 7.05. The van der Waals surface area contributed by atoms with Gasteiger partial charge in [-0.05, 0) is 154 Å². The minimum atomic E-state index is -0.666. The molecule has 0 amide bonds. The first-order valence-corrected chi connectivity index (χ1v) is 27.7. The normalized spacial score (nSPS) is 11.8. The lowest BCUT2D eigenvalue weighted by molar-refractivity contribution is -0.146. The third-order valence-corrected chi connectivity index (χ3v) is 11.8. The van der Waals surface area contributed by atoms with Gasteiger partial charge in [-0.1, -0.05) is 39.5 Å². The third kappa shape index (κ3) is 48.1. The van der Waals surface area contributed by atoms with E-state index in [2.05, 4.69) is 13.8 Å². The van der Waals surface area contributed by atoms with Crippen LogP contribution in [0.25, 0.3) is 0 Å². The van der Waals surface area contributed by atoms with Gasteiger partial charge >= 0.3 is 47.8 Å². The largest absolute Gasteiger partial charge is 0.466 e. The second-order valence-corrected chi connectivity index (χ2v) is 18.9. The van der Waals surface area contributed by atoms with E-state index in [1.807, 2.05) is 0 Å². The maximum Gasteiger partial charge on any atom is 0.323 e. The first-order valence-electron chi connectivity index (χ1n) is 27.3. The van der Waals surface area contributed by atoms with E-state index in [1.165, 1.54) is 19.3 Å². The summed E-state index contributed by atoms with van der Waals surface area (Å²) in [5, 5.41) is -0.666. The van der Waals surface area contributed by atoms with Crippen LogP contribution >= 0.6 is 11.6 Å². The Hall–Kier alpha value is -3.95. The van der Waals surface area contributed by atoms with Crippen molar-refractivity contribution in [3.05, 3.63) is 0 Å². The summed E-state index contributed by atoms with van der Waals surface area (Å²) in [7, 11) is 0. The van der Waals surface area contributed by atoms with Gasteiger partial charge in [-0.15, -0.1) is 11.6 Å². The Kier molecular flexibility index (Phi) is 46.9. The highest BCUT2D eigenvalue weighted by molar-refractivity contribution is 6.29. The number of hydrogen-bond donors (Lipinski definition) is 0. The minimum absolute atomic E-state index is 0.149. The van der Waals surface area contributed by atoms with E-state index in [0.717, 1.165) is 64.2 Å². The highest BCUT2D eigenvalue weighted by Gasteiger charge is 2.13. The number of halogens is 1. The van der Waals surface area contributed by atoms with Gasteiger partial charge in [0.25, 0.3) is 0 Å². The molecule has 0 aliphatic rings. The molecule has 0 aromatic heterocycles. The average Bonchev–Trinajstić information content (AvgIpc) is 3.34. The van der Waals surface area contributed by atoms with Crippen LogP contribution in [0.4, 0.5) is 0 Å². The monoisotopic (exact) mass is 1030 g/mol. The van der Waals surface area contributed by atoms with Crippen molar-refractivity contribution in [3.63, 3.8) is 0 Å². The molecule has 0 heterocycles. The van der Waals surface area contributed by atoms with Crippen molar-refractivity contribution in [3.8, 4) is 0 Å². The fraction of sp³-hybridized carbons (Fsp3) is 0.852. The summed E-state index contributed by atoms with van der Waals surface area (Å²) >= 11 is 5.63. The molecule has 412 valence electrons. The van der Waals surface area contributed by atoms with Crippen molar-refractivity contribution in [1.82, 2.24) is 0 Å². The molecule has 0 aromatic carbocycles. The van der Waals surface area contributed by atoms with Crippen LogP contribution in [0.2, 0.25) is 0 Å². The van der Waals surface area contributed by atoms with Crippen LogP contribution in [-0.2, 0) is 76.3 Å². The molecule has 2 atom stereocenters. The summed E-state index contributed by atoms with van der Waals surface area (Å²) in [5.41, 5.74) is 0. The number of esters is 8. The highest BCUT2D eigenvalue weighted by Crippen LogP contribution is 2.15. The molecule has 17 heteroatoms. The van der Waals surface area contributed by atoms with Crippen molar-refractivity contribution < 1.29 is 76.3 Å². The van der Waals surface area contributed by atoms with Crippen molar-refractivity contribution in [2.45, 2.75) is 238 Å². The van der Waals surface area contributed by atoms with Crippen LogP contribution in [0.5, 0.6) is 0 Å². The van der Waals surface area contributed by atoms with Gasteiger partial charge in [-0.25, -0.2) is 0 Å². The molecule has 0 bridgehead atoms. The lowest BCUT2D eigenvalue weighted by Crippen LogP contribution is -2.15. The third-order valence-electron chi connectivity index (χ3n) is 11.6. The van der Waals surface area contributed by atoms with Gasteiger partial charge in [0.15, 0.2) is 0 Å². The molecule has 0 spiro atoms. The Labute approximate surface area is 431 Å². The standard InChI is InChI=1S/C54H93ClO16/c1-4-6-14-29-46(5-2)44-71-53(62)36-21-12-27-42-69-51(60)34-19-10-25-40-67-49(58)32-17-8-23-38-65-47(56)30-15-7-22-37-64-48(57)31-16-9-24-39-66-50(59)33-18-11-26-41-68-52(61)35-20-13-28-43-70-54(63)45(3)55/h45-46H,4-44H2,1-3H3. The second-order valence-electron chi connectivity index (χ2n) is 18.2. The molecule has 0 aliphatic carbocycles. The van der Waals surface area contributed by atoms with Crippen LogP contribution in [0.3, 0.4) is 0 Å². The maximum absolute atomic E-state index is 12.0. The van der Waals surface area contributed by atoms with Gasteiger partial charge in [0.05, 0.1) is 52.9 Å². The van der Waals surface area contributed by atoms with E-state index in [1.54, 1.807) is 6.92 Å². The molecule has 0 saturated heterocycles. The summed E-state index contributed by atoms with van der Waals surface area (Å²) in [6.07, 6.45) is 22.5. The number of carbonyl (C=O) groups excluding carboxylic acids is 8. The molecule has 0 aliphatic heterocycles. The lowest BCUT2D eigenvalue weighted by atomic mass is 10.00. The quantitative estimate of drug-likeness (QED) is 0.0240. The molecule has 0 saturated carbocycles. The van der Waals surface area contributed by atoms with Crippen LogP contribution in [-0.4, -0.2) is 106 Å². The van der Waals surface area contributed by atoms with Gasteiger partial charge in [-0.2, -0.15) is 0 Å². The van der Waals surface area contributed by atoms with Gasteiger partial charge in [0.2, 0.25) is 0 Å². The van der Waals surface area contributed by atoms with Crippen molar-refractivity contribution in [2.24, 2.45) is 5.92 Å². The molecule has 0 radical (unpaired) electrons. The summed E-state index contributed by atoms with van der Waals surface area (Å²) in [6, 6.07) is 0. The van der Waals surface area contributed by atoms with Crippen LogP contribution in [0.1, 0.15) is 233 Å². The zero-order valence-corrected chi connectivity index (χ0v) is 44.8. The van der Waals surface area contributed by atoms with E-state index in [-0.39, 0.29) is 48.4 Å². The molecule has 2 unspecified atom stereocenters. The van der Waals surface area contributed by atoms with Gasteiger partial charge in [0, 0.05) is 44.9 Å².